The molecule has 0 aromatic heterocycles. The summed E-state index contributed by atoms with van der Waals surface area (Å²) in [4.78, 5) is 16.1. The molecular formula is C18H24N2O4. The summed E-state index contributed by atoms with van der Waals surface area (Å²) >= 11 is 0. The maximum absolute atomic E-state index is 11.5. The molecule has 1 rings (SSSR count). The third-order valence-corrected chi connectivity index (χ3v) is 3.30. The van der Waals surface area contributed by atoms with Gasteiger partial charge in [0.15, 0.2) is 6.29 Å². The number of methoxy groups -OCH3 is 1. The van der Waals surface area contributed by atoms with Crippen molar-refractivity contribution in [2.75, 3.05) is 20.3 Å². The molecule has 0 fully saturated rings. The Morgan fingerprint density at radius 1 is 1.17 bits per heavy atom. The van der Waals surface area contributed by atoms with Crippen molar-refractivity contribution in [3.63, 3.8) is 0 Å². The minimum Gasteiger partial charge on any atom is -0.465 e. The van der Waals surface area contributed by atoms with Crippen molar-refractivity contribution in [1.29, 1.82) is 5.26 Å². The summed E-state index contributed by atoms with van der Waals surface area (Å²) in [5.41, 5.74) is 1.86. The first-order chi connectivity index (χ1) is 11.6. The van der Waals surface area contributed by atoms with Gasteiger partial charge in [0.2, 0.25) is 0 Å². The summed E-state index contributed by atoms with van der Waals surface area (Å²) in [6.07, 6.45) is -0.296. The molecule has 0 radical (unpaired) electrons. The molecule has 6 heteroatoms. The molecule has 1 unspecified atom stereocenters. The number of hydrogen-bond donors (Lipinski definition) is 0. The van der Waals surface area contributed by atoms with Crippen molar-refractivity contribution in [2.45, 2.75) is 39.5 Å². The number of rotatable bonds is 9. The molecule has 0 N–H and O–H groups in total. The number of esters is 1. The molecule has 1 aromatic carbocycles. The molecule has 130 valence electrons. The fourth-order valence-corrected chi connectivity index (χ4v) is 2.18. The summed E-state index contributed by atoms with van der Waals surface area (Å²) in [5, 5.41) is 9.07. The molecule has 0 bridgehead atoms. The van der Waals surface area contributed by atoms with Crippen LogP contribution in [0.1, 0.15) is 43.1 Å². The van der Waals surface area contributed by atoms with Crippen molar-refractivity contribution >= 4 is 11.7 Å². The van der Waals surface area contributed by atoms with E-state index in [2.05, 4.69) is 15.8 Å². The van der Waals surface area contributed by atoms with Gasteiger partial charge >= 0.3 is 5.97 Å². The SMILES string of the molecule is CCOC(OCC)C(C)N=C(CC#N)c1ccc(C(=O)OC)cc1. The van der Waals surface area contributed by atoms with E-state index in [1.54, 1.807) is 24.3 Å². The van der Waals surface area contributed by atoms with E-state index in [1.165, 1.54) is 7.11 Å². The zero-order valence-corrected chi connectivity index (χ0v) is 14.6. The van der Waals surface area contributed by atoms with E-state index in [1.807, 2.05) is 20.8 Å². The van der Waals surface area contributed by atoms with Gasteiger partial charge in [0, 0.05) is 13.2 Å². The molecule has 0 saturated heterocycles. The number of hydrogen-bond acceptors (Lipinski definition) is 6. The van der Waals surface area contributed by atoms with Gasteiger partial charge in [0.25, 0.3) is 0 Å². The molecule has 0 aliphatic heterocycles. The third-order valence-electron chi connectivity index (χ3n) is 3.30. The lowest BCUT2D eigenvalue weighted by Gasteiger charge is -2.21. The largest absolute Gasteiger partial charge is 0.465 e. The molecule has 0 amide bonds. The maximum Gasteiger partial charge on any atom is 0.337 e. The van der Waals surface area contributed by atoms with Gasteiger partial charge in [-0.15, -0.1) is 0 Å². The molecular weight excluding hydrogens is 308 g/mol. The predicted octanol–water partition coefficient (Wildman–Crippen LogP) is 2.96. The second-order valence-electron chi connectivity index (χ2n) is 5.00. The Morgan fingerprint density at radius 3 is 2.17 bits per heavy atom. The Balaban J connectivity index is 3.03. The molecule has 0 spiro atoms. The quantitative estimate of drug-likeness (QED) is 0.394. The van der Waals surface area contributed by atoms with Gasteiger partial charge in [-0.1, -0.05) is 12.1 Å². The maximum atomic E-state index is 11.5. The van der Waals surface area contributed by atoms with Gasteiger partial charge in [-0.3, -0.25) is 4.99 Å². The minimum absolute atomic E-state index is 0.160. The standard InChI is InChI=1S/C18H24N2O4/c1-5-23-18(24-6-2)13(3)20-16(11-12-19)14-7-9-15(10-8-14)17(21)22-4/h7-10,13,18H,5-6,11H2,1-4H3. The van der Waals surface area contributed by atoms with Crippen molar-refractivity contribution in [3.8, 4) is 6.07 Å². The molecule has 0 aliphatic rings. The number of carbonyl (C=O) groups excluding carboxylic acids is 1. The highest BCUT2D eigenvalue weighted by molar-refractivity contribution is 6.02. The first kappa shape index (κ1) is 19.8. The third kappa shape index (κ3) is 5.76. The Kier molecular flexibility index (Phi) is 8.69. The summed E-state index contributed by atoms with van der Waals surface area (Å²) in [5.74, 6) is -0.401. The smallest absolute Gasteiger partial charge is 0.337 e. The van der Waals surface area contributed by atoms with E-state index in [0.717, 1.165) is 5.56 Å². The molecule has 1 atom stereocenters. The average molecular weight is 332 g/mol. The van der Waals surface area contributed by atoms with E-state index in [4.69, 9.17) is 14.7 Å². The van der Waals surface area contributed by atoms with Gasteiger partial charge in [-0.05, 0) is 38.5 Å². The molecule has 0 aliphatic carbocycles. The highest BCUT2D eigenvalue weighted by Gasteiger charge is 2.18. The number of nitriles is 1. The fourth-order valence-electron chi connectivity index (χ4n) is 2.18. The zero-order chi connectivity index (χ0) is 17.9. The fraction of sp³-hybridized carbons (Fsp3) is 0.500. The van der Waals surface area contributed by atoms with Gasteiger partial charge < -0.3 is 14.2 Å². The number of ether oxygens (including phenoxy) is 3. The molecule has 1 aromatic rings. The van der Waals surface area contributed by atoms with Crippen LogP contribution in [0.25, 0.3) is 0 Å². The van der Waals surface area contributed by atoms with Gasteiger partial charge in [-0.2, -0.15) is 5.26 Å². The Labute approximate surface area is 143 Å². The number of aliphatic imine (C=N–C) groups is 1. The number of nitrogens with zero attached hydrogens (tertiary/aromatic N) is 2. The van der Waals surface area contributed by atoms with Crippen LogP contribution in [0.5, 0.6) is 0 Å². The van der Waals surface area contributed by atoms with Crippen LogP contribution in [0, 0.1) is 11.3 Å². The number of carbonyl (C=O) groups is 1. The predicted molar refractivity (Wildman–Crippen MR) is 91.1 cm³/mol. The van der Waals surface area contributed by atoms with E-state index < -0.39 is 12.3 Å². The van der Waals surface area contributed by atoms with Crippen LogP contribution in [-0.2, 0) is 14.2 Å². The monoisotopic (exact) mass is 332 g/mol. The summed E-state index contributed by atoms with van der Waals surface area (Å²) in [7, 11) is 1.34. The van der Waals surface area contributed by atoms with Crippen LogP contribution in [0.15, 0.2) is 29.3 Å². The summed E-state index contributed by atoms with van der Waals surface area (Å²) in [6.45, 7) is 6.71. The van der Waals surface area contributed by atoms with Crippen LogP contribution < -0.4 is 0 Å². The van der Waals surface area contributed by atoms with Gasteiger partial charge in [-0.25, -0.2) is 4.79 Å². The van der Waals surface area contributed by atoms with E-state index in [-0.39, 0.29) is 12.5 Å². The minimum atomic E-state index is -0.456. The van der Waals surface area contributed by atoms with Crippen molar-refractivity contribution in [2.24, 2.45) is 4.99 Å². The lowest BCUT2D eigenvalue weighted by Crippen LogP contribution is -2.29. The van der Waals surface area contributed by atoms with Crippen LogP contribution in [0.2, 0.25) is 0 Å². The molecule has 0 saturated carbocycles. The van der Waals surface area contributed by atoms with Crippen molar-refractivity contribution < 1.29 is 19.0 Å². The Hall–Kier alpha value is -2.23. The topological polar surface area (TPSA) is 80.9 Å². The Morgan fingerprint density at radius 2 is 1.71 bits per heavy atom. The van der Waals surface area contributed by atoms with E-state index >= 15 is 0 Å². The van der Waals surface area contributed by atoms with Crippen LogP contribution >= 0.6 is 0 Å². The summed E-state index contributed by atoms with van der Waals surface area (Å²) in [6, 6.07) is 8.68. The van der Waals surface area contributed by atoms with E-state index in [9.17, 15) is 4.79 Å². The Bertz CT molecular complexity index is 584. The lowest BCUT2D eigenvalue weighted by molar-refractivity contribution is -0.144. The second-order valence-corrected chi connectivity index (χ2v) is 5.00. The van der Waals surface area contributed by atoms with E-state index in [0.29, 0.717) is 24.5 Å². The highest BCUT2D eigenvalue weighted by atomic mass is 16.7. The molecule has 0 heterocycles. The molecule has 6 nitrogen and oxygen atoms in total. The van der Waals surface area contributed by atoms with Crippen LogP contribution in [-0.4, -0.2) is 44.3 Å². The van der Waals surface area contributed by atoms with Gasteiger partial charge in [0.1, 0.15) is 0 Å². The van der Waals surface area contributed by atoms with Gasteiger partial charge in [0.05, 0.1) is 36.9 Å². The van der Waals surface area contributed by atoms with Crippen LogP contribution in [0.4, 0.5) is 0 Å². The highest BCUT2D eigenvalue weighted by Crippen LogP contribution is 2.13. The lowest BCUT2D eigenvalue weighted by atomic mass is 10.1. The average Bonchev–Trinajstić information content (AvgIpc) is 2.60. The summed E-state index contributed by atoms with van der Waals surface area (Å²) < 4.78 is 15.8. The van der Waals surface area contributed by atoms with Crippen LogP contribution in [0.3, 0.4) is 0 Å². The second kappa shape index (κ2) is 10.5. The first-order valence-electron chi connectivity index (χ1n) is 7.92. The first-order valence-corrected chi connectivity index (χ1v) is 7.92. The number of benzene rings is 1. The molecule has 24 heavy (non-hydrogen) atoms. The normalized spacial score (nSPS) is 12.8. The van der Waals surface area contributed by atoms with Crippen molar-refractivity contribution in [3.05, 3.63) is 35.4 Å². The van der Waals surface area contributed by atoms with Crippen molar-refractivity contribution in [1.82, 2.24) is 0 Å². The zero-order valence-electron chi connectivity index (χ0n) is 14.6.